The molecule has 0 saturated heterocycles. The van der Waals surface area contributed by atoms with Gasteiger partial charge in [-0.25, -0.2) is 0 Å². The van der Waals surface area contributed by atoms with E-state index in [1.165, 1.54) is 6.08 Å². The molecule has 0 atom stereocenters. The van der Waals surface area contributed by atoms with Gasteiger partial charge in [-0.05, 0) is 30.5 Å². The number of amides is 2. The van der Waals surface area contributed by atoms with Gasteiger partial charge in [-0.3, -0.25) is 9.59 Å². The van der Waals surface area contributed by atoms with Gasteiger partial charge in [0, 0.05) is 17.7 Å². The van der Waals surface area contributed by atoms with Crippen LogP contribution in [0.25, 0.3) is 5.70 Å². The van der Waals surface area contributed by atoms with E-state index < -0.39 is 0 Å². The van der Waals surface area contributed by atoms with E-state index in [1.807, 2.05) is 36.4 Å². The zero-order valence-electron chi connectivity index (χ0n) is 12.7. The average Bonchev–Trinajstić information content (AvgIpc) is 3.39. The summed E-state index contributed by atoms with van der Waals surface area (Å²) < 4.78 is 0. The second-order valence-electron chi connectivity index (χ2n) is 5.53. The Morgan fingerprint density at radius 3 is 2.00 bits per heavy atom. The fraction of sp³-hybridized carbons (Fsp3) is 0.158. The van der Waals surface area contributed by atoms with Crippen molar-refractivity contribution in [1.82, 2.24) is 10.6 Å². The molecule has 1 fully saturated rings. The SMILES string of the molecule is O=C(C=C(NC(=O)c1ccccc1)c1ccccc1)NC1CC1. The van der Waals surface area contributed by atoms with Crippen LogP contribution < -0.4 is 10.6 Å². The van der Waals surface area contributed by atoms with Gasteiger partial charge in [-0.1, -0.05) is 48.5 Å². The lowest BCUT2D eigenvalue weighted by atomic mass is 10.1. The maximum atomic E-state index is 12.4. The number of carbonyl (C=O) groups excluding carboxylic acids is 2. The highest BCUT2D eigenvalue weighted by atomic mass is 16.2. The normalized spacial score (nSPS) is 14.2. The molecule has 116 valence electrons. The third-order valence-electron chi connectivity index (χ3n) is 3.57. The van der Waals surface area contributed by atoms with Gasteiger partial charge in [0.2, 0.25) is 5.91 Å². The van der Waals surface area contributed by atoms with Crippen LogP contribution in [0, 0.1) is 0 Å². The predicted octanol–water partition coefficient (Wildman–Crippen LogP) is 2.74. The minimum Gasteiger partial charge on any atom is -0.350 e. The molecule has 2 amide bonds. The molecule has 0 radical (unpaired) electrons. The number of carbonyl (C=O) groups is 2. The van der Waals surface area contributed by atoms with Crippen molar-refractivity contribution >= 4 is 17.5 Å². The molecule has 0 bridgehead atoms. The van der Waals surface area contributed by atoms with E-state index in [0.717, 1.165) is 18.4 Å². The van der Waals surface area contributed by atoms with Gasteiger partial charge >= 0.3 is 0 Å². The maximum Gasteiger partial charge on any atom is 0.255 e. The zero-order valence-corrected chi connectivity index (χ0v) is 12.7. The molecule has 0 unspecified atom stereocenters. The molecule has 0 heterocycles. The van der Waals surface area contributed by atoms with Crippen molar-refractivity contribution in [2.75, 3.05) is 0 Å². The lowest BCUT2D eigenvalue weighted by Crippen LogP contribution is -2.27. The molecule has 2 aromatic carbocycles. The van der Waals surface area contributed by atoms with Gasteiger partial charge in [0.05, 0.1) is 5.70 Å². The Morgan fingerprint density at radius 2 is 1.43 bits per heavy atom. The number of benzene rings is 2. The van der Waals surface area contributed by atoms with Crippen LogP contribution in [0.2, 0.25) is 0 Å². The highest BCUT2D eigenvalue weighted by Gasteiger charge is 2.22. The smallest absolute Gasteiger partial charge is 0.255 e. The molecule has 2 aromatic rings. The summed E-state index contributed by atoms with van der Waals surface area (Å²) in [4.78, 5) is 24.4. The molecule has 0 aliphatic heterocycles. The molecule has 0 spiro atoms. The maximum absolute atomic E-state index is 12.4. The van der Waals surface area contributed by atoms with E-state index in [1.54, 1.807) is 24.3 Å². The van der Waals surface area contributed by atoms with E-state index in [0.29, 0.717) is 11.3 Å². The van der Waals surface area contributed by atoms with Crippen LogP contribution in [0.4, 0.5) is 0 Å². The van der Waals surface area contributed by atoms with Gasteiger partial charge < -0.3 is 10.6 Å². The first kappa shape index (κ1) is 15.0. The minimum atomic E-state index is -0.236. The van der Waals surface area contributed by atoms with Crippen molar-refractivity contribution in [2.24, 2.45) is 0 Å². The summed E-state index contributed by atoms with van der Waals surface area (Å²) in [6, 6.07) is 18.6. The fourth-order valence-corrected chi connectivity index (χ4v) is 2.19. The highest BCUT2D eigenvalue weighted by molar-refractivity contribution is 6.03. The van der Waals surface area contributed by atoms with Crippen LogP contribution in [0.15, 0.2) is 66.7 Å². The fourth-order valence-electron chi connectivity index (χ4n) is 2.19. The Hall–Kier alpha value is -2.88. The second-order valence-corrected chi connectivity index (χ2v) is 5.53. The molecule has 1 aliphatic rings. The van der Waals surface area contributed by atoms with Gasteiger partial charge in [0.1, 0.15) is 0 Å². The van der Waals surface area contributed by atoms with Crippen LogP contribution in [0.1, 0.15) is 28.8 Å². The third-order valence-corrected chi connectivity index (χ3v) is 3.57. The Labute approximate surface area is 135 Å². The van der Waals surface area contributed by atoms with Gasteiger partial charge in [0.25, 0.3) is 5.91 Å². The lowest BCUT2D eigenvalue weighted by Gasteiger charge is -2.11. The standard InChI is InChI=1S/C19H18N2O2/c22-18(20-16-11-12-16)13-17(14-7-3-1-4-8-14)21-19(23)15-9-5-2-6-10-15/h1-10,13,16H,11-12H2,(H,20,22)(H,21,23). The average molecular weight is 306 g/mol. The van der Waals surface area contributed by atoms with Crippen molar-refractivity contribution in [3.8, 4) is 0 Å². The Bertz CT molecular complexity index is 720. The quantitative estimate of drug-likeness (QED) is 0.835. The number of hydrogen-bond donors (Lipinski definition) is 2. The van der Waals surface area contributed by atoms with Crippen molar-refractivity contribution in [1.29, 1.82) is 0 Å². The van der Waals surface area contributed by atoms with E-state index in [-0.39, 0.29) is 17.9 Å². The van der Waals surface area contributed by atoms with Gasteiger partial charge in [0.15, 0.2) is 0 Å². The molecule has 23 heavy (non-hydrogen) atoms. The molecule has 1 saturated carbocycles. The second kappa shape index (κ2) is 6.92. The molecular weight excluding hydrogens is 288 g/mol. The summed E-state index contributed by atoms with van der Waals surface area (Å²) >= 11 is 0. The molecule has 0 aromatic heterocycles. The Kier molecular flexibility index (Phi) is 4.52. The molecule has 2 N–H and O–H groups in total. The monoisotopic (exact) mass is 306 g/mol. The summed E-state index contributed by atoms with van der Waals surface area (Å²) in [7, 11) is 0. The largest absolute Gasteiger partial charge is 0.350 e. The first-order valence-corrected chi connectivity index (χ1v) is 7.66. The van der Waals surface area contributed by atoms with Crippen LogP contribution >= 0.6 is 0 Å². The van der Waals surface area contributed by atoms with Gasteiger partial charge in [-0.15, -0.1) is 0 Å². The molecule has 3 rings (SSSR count). The van der Waals surface area contributed by atoms with Gasteiger partial charge in [-0.2, -0.15) is 0 Å². The van der Waals surface area contributed by atoms with Crippen LogP contribution in [-0.4, -0.2) is 17.9 Å². The molecule has 4 nitrogen and oxygen atoms in total. The number of rotatable bonds is 5. The van der Waals surface area contributed by atoms with Crippen LogP contribution in [0.3, 0.4) is 0 Å². The van der Waals surface area contributed by atoms with Crippen molar-refractivity contribution < 1.29 is 9.59 Å². The molecule has 4 heteroatoms. The lowest BCUT2D eigenvalue weighted by molar-refractivity contribution is -0.116. The first-order chi connectivity index (χ1) is 11.2. The summed E-state index contributed by atoms with van der Waals surface area (Å²) in [5.74, 6) is -0.417. The summed E-state index contributed by atoms with van der Waals surface area (Å²) in [5.41, 5.74) is 1.84. The van der Waals surface area contributed by atoms with Crippen molar-refractivity contribution in [3.05, 3.63) is 77.9 Å². The molecule has 1 aliphatic carbocycles. The highest BCUT2D eigenvalue weighted by Crippen LogP contribution is 2.19. The van der Waals surface area contributed by atoms with Crippen molar-refractivity contribution in [3.63, 3.8) is 0 Å². The van der Waals surface area contributed by atoms with Crippen molar-refractivity contribution in [2.45, 2.75) is 18.9 Å². The summed E-state index contributed by atoms with van der Waals surface area (Å²) in [6.07, 6.45) is 3.50. The first-order valence-electron chi connectivity index (χ1n) is 7.66. The van der Waals surface area contributed by atoms with E-state index in [4.69, 9.17) is 0 Å². The third kappa shape index (κ3) is 4.30. The van der Waals surface area contributed by atoms with E-state index in [9.17, 15) is 9.59 Å². The predicted molar refractivity (Wildman–Crippen MR) is 89.5 cm³/mol. The van der Waals surface area contributed by atoms with Crippen LogP contribution in [-0.2, 0) is 4.79 Å². The summed E-state index contributed by atoms with van der Waals surface area (Å²) in [6.45, 7) is 0. The number of nitrogens with one attached hydrogen (secondary N) is 2. The van der Waals surface area contributed by atoms with E-state index in [2.05, 4.69) is 10.6 Å². The Morgan fingerprint density at radius 1 is 0.870 bits per heavy atom. The minimum absolute atomic E-state index is 0.181. The zero-order chi connectivity index (χ0) is 16.1. The summed E-state index contributed by atoms with van der Waals surface area (Å²) in [5, 5.41) is 5.74. The Balaban J connectivity index is 1.81. The van der Waals surface area contributed by atoms with Crippen LogP contribution in [0.5, 0.6) is 0 Å². The molecular formula is C19H18N2O2. The topological polar surface area (TPSA) is 58.2 Å². The van der Waals surface area contributed by atoms with E-state index >= 15 is 0 Å². The number of hydrogen-bond acceptors (Lipinski definition) is 2.